The lowest BCUT2D eigenvalue weighted by atomic mass is 10.2. The molecule has 0 amide bonds. The summed E-state index contributed by atoms with van der Waals surface area (Å²) in [4.78, 5) is 13.6. The van der Waals surface area contributed by atoms with Crippen molar-refractivity contribution in [2.75, 3.05) is 5.73 Å². The summed E-state index contributed by atoms with van der Waals surface area (Å²) in [6.45, 7) is -0.151. The third-order valence-corrected chi connectivity index (χ3v) is 1.68. The van der Waals surface area contributed by atoms with E-state index in [1.807, 2.05) is 0 Å². The molecule has 72 valence electrons. The molecule has 13 heavy (non-hydrogen) atoms. The number of hydrogen-bond donors (Lipinski definition) is 3. The van der Waals surface area contributed by atoms with E-state index >= 15 is 0 Å². The molecule has 0 unspecified atom stereocenters. The number of pyridine rings is 1. The molecular formula is C7H9F2N3O. The number of nitrogens with one attached hydrogen (secondary N) is 1. The molecule has 0 aromatic carbocycles. The van der Waals surface area contributed by atoms with Gasteiger partial charge >= 0.3 is 0 Å². The molecule has 0 saturated heterocycles. The number of alkyl halides is 2. The average molecular weight is 189 g/mol. The Labute approximate surface area is 72.6 Å². The van der Waals surface area contributed by atoms with E-state index in [-0.39, 0.29) is 17.9 Å². The van der Waals surface area contributed by atoms with Crippen LogP contribution < -0.4 is 16.9 Å². The van der Waals surface area contributed by atoms with E-state index in [4.69, 9.17) is 11.5 Å². The van der Waals surface area contributed by atoms with Gasteiger partial charge in [-0.3, -0.25) is 4.79 Å². The lowest BCUT2D eigenvalue weighted by molar-refractivity contribution is 0.149. The summed E-state index contributed by atoms with van der Waals surface area (Å²) in [6, 6.07) is 0. The second-order valence-electron chi connectivity index (χ2n) is 2.47. The second-order valence-corrected chi connectivity index (χ2v) is 2.47. The van der Waals surface area contributed by atoms with Gasteiger partial charge in [-0.2, -0.15) is 0 Å². The maximum absolute atomic E-state index is 12.2. The van der Waals surface area contributed by atoms with Gasteiger partial charge in [0.1, 0.15) is 5.82 Å². The Balaban J connectivity index is 3.37. The fraction of sp³-hybridized carbons (Fsp3) is 0.286. The first-order valence-corrected chi connectivity index (χ1v) is 3.56. The van der Waals surface area contributed by atoms with E-state index in [9.17, 15) is 13.6 Å². The van der Waals surface area contributed by atoms with Crippen LogP contribution in [0, 0.1) is 0 Å². The number of aromatic nitrogens is 1. The molecule has 0 saturated carbocycles. The minimum Gasteiger partial charge on any atom is -0.385 e. The van der Waals surface area contributed by atoms with Crippen LogP contribution >= 0.6 is 0 Å². The first kappa shape index (κ1) is 9.66. The third-order valence-electron chi connectivity index (χ3n) is 1.68. The summed E-state index contributed by atoms with van der Waals surface area (Å²) in [6.07, 6.45) is -1.91. The normalized spacial score (nSPS) is 10.8. The summed E-state index contributed by atoms with van der Waals surface area (Å²) >= 11 is 0. The predicted octanol–water partition coefficient (Wildman–Crippen LogP) is 0.353. The van der Waals surface area contributed by atoms with Gasteiger partial charge < -0.3 is 16.5 Å². The zero-order valence-electron chi connectivity index (χ0n) is 6.68. The van der Waals surface area contributed by atoms with E-state index in [0.717, 1.165) is 6.20 Å². The fourth-order valence-electron chi connectivity index (χ4n) is 0.969. The van der Waals surface area contributed by atoms with Crippen LogP contribution in [0.1, 0.15) is 17.6 Å². The summed E-state index contributed by atoms with van der Waals surface area (Å²) < 4.78 is 24.3. The van der Waals surface area contributed by atoms with Crippen molar-refractivity contribution in [2.24, 2.45) is 5.73 Å². The molecule has 0 aliphatic carbocycles. The molecule has 4 nitrogen and oxygen atoms in total. The Morgan fingerprint density at radius 3 is 2.62 bits per heavy atom. The van der Waals surface area contributed by atoms with Crippen LogP contribution in [0.15, 0.2) is 11.0 Å². The molecule has 0 radical (unpaired) electrons. The Kier molecular flexibility index (Phi) is 2.62. The van der Waals surface area contributed by atoms with Crippen LogP contribution in [-0.2, 0) is 6.54 Å². The number of nitrogen functional groups attached to an aromatic ring is 1. The molecule has 1 aromatic heterocycles. The van der Waals surface area contributed by atoms with E-state index < -0.39 is 17.4 Å². The van der Waals surface area contributed by atoms with E-state index in [2.05, 4.69) is 4.98 Å². The van der Waals surface area contributed by atoms with Crippen molar-refractivity contribution < 1.29 is 8.78 Å². The maximum Gasteiger partial charge on any atom is 0.269 e. The highest BCUT2D eigenvalue weighted by molar-refractivity contribution is 5.41. The van der Waals surface area contributed by atoms with Crippen molar-refractivity contribution in [3.05, 3.63) is 27.5 Å². The van der Waals surface area contributed by atoms with Gasteiger partial charge in [0.05, 0.1) is 11.1 Å². The van der Waals surface area contributed by atoms with Crippen molar-refractivity contribution in [2.45, 2.75) is 13.0 Å². The quantitative estimate of drug-likeness (QED) is 0.627. The van der Waals surface area contributed by atoms with Crippen LogP contribution in [0.3, 0.4) is 0 Å². The smallest absolute Gasteiger partial charge is 0.269 e. The number of H-pyrrole nitrogens is 1. The molecule has 0 aliphatic heterocycles. The second kappa shape index (κ2) is 3.53. The van der Waals surface area contributed by atoms with Crippen LogP contribution in [0.25, 0.3) is 0 Å². The summed E-state index contributed by atoms with van der Waals surface area (Å²) in [5, 5.41) is 0. The molecule has 0 spiro atoms. The van der Waals surface area contributed by atoms with Crippen LogP contribution in [0.5, 0.6) is 0 Å². The van der Waals surface area contributed by atoms with Gasteiger partial charge in [0.25, 0.3) is 6.43 Å². The Morgan fingerprint density at radius 1 is 1.54 bits per heavy atom. The number of rotatable bonds is 2. The molecule has 0 bridgehead atoms. The van der Waals surface area contributed by atoms with Crippen LogP contribution in [0.4, 0.5) is 14.6 Å². The largest absolute Gasteiger partial charge is 0.385 e. The lowest BCUT2D eigenvalue weighted by Crippen LogP contribution is -2.20. The van der Waals surface area contributed by atoms with Gasteiger partial charge in [-0.25, -0.2) is 8.78 Å². The standard InChI is InChI=1S/C7H9F2N3O/c8-6(9)4-2-12-7(11)3(1-10)5(4)13/h2,6H,1,10H2,(H3,11,12,13). The molecule has 5 N–H and O–H groups in total. The number of nitrogens with two attached hydrogens (primary N) is 2. The van der Waals surface area contributed by atoms with Gasteiger partial charge in [-0.15, -0.1) is 0 Å². The fourth-order valence-corrected chi connectivity index (χ4v) is 0.969. The number of halogens is 2. The number of anilines is 1. The minimum absolute atomic E-state index is 0.00204. The van der Waals surface area contributed by atoms with E-state index in [1.54, 1.807) is 0 Å². The highest BCUT2D eigenvalue weighted by Gasteiger charge is 2.15. The van der Waals surface area contributed by atoms with Gasteiger partial charge in [0.2, 0.25) is 0 Å². The van der Waals surface area contributed by atoms with Crippen molar-refractivity contribution in [3.63, 3.8) is 0 Å². The molecule has 0 fully saturated rings. The number of hydrogen-bond acceptors (Lipinski definition) is 3. The van der Waals surface area contributed by atoms with Gasteiger partial charge in [0, 0.05) is 12.7 Å². The van der Waals surface area contributed by atoms with Gasteiger partial charge in [0.15, 0.2) is 5.43 Å². The molecule has 0 aliphatic rings. The molecule has 6 heteroatoms. The highest BCUT2D eigenvalue weighted by Crippen LogP contribution is 2.15. The van der Waals surface area contributed by atoms with Gasteiger partial charge in [-0.05, 0) is 0 Å². The lowest BCUT2D eigenvalue weighted by Gasteiger charge is -2.04. The first-order valence-electron chi connectivity index (χ1n) is 3.56. The topological polar surface area (TPSA) is 84.9 Å². The molecule has 0 atom stereocenters. The predicted molar refractivity (Wildman–Crippen MR) is 44.3 cm³/mol. The molecule has 1 heterocycles. The van der Waals surface area contributed by atoms with Crippen molar-refractivity contribution >= 4 is 5.82 Å². The first-order chi connectivity index (χ1) is 6.07. The Bertz CT molecular complexity index is 361. The Morgan fingerprint density at radius 2 is 2.15 bits per heavy atom. The molecule has 1 aromatic rings. The van der Waals surface area contributed by atoms with Crippen molar-refractivity contribution in [1.29, 1.82) is 0 Å². The van der Waals surface area contributed by atoms with E-state index in [0.29, 0.717) is 0 Å². The summed E-state index contributed by atoms with van der Waals surface area (Å²) in [5.74, 6) is 0.0388. The van der Waals surface area contributed by atoms with Crippen molar-refractivity contribution in [3.8, 4) is 0 Å². The van der Waals surface area contributed by atoms with Crippen LogP contribution in [0.2, 0.25) is 0 Å². The zero-order chi connectivity index (χ0) is 10.0. The summed E-state index contributed by atoms with van der Waals surface area (Å²) in [7, 11) is 0. The van der Waals surface area contributed by atoms with Crippen molar-refractivity contribution in [1.82, 2.24) is 4.98 Å². The molecule has 1 rings (SSSR count). The summed E-state index contributed by atoms with van der Waals surface area (Å²) in [5.41, 5.74) is 9.11. The third kappa shape index (κ3) is 1.67. The Hall–Kier alpha value is -1.43. The average Bonchev–Trinajstić information content (AvgIpc) is 2.04. The SMILES string of the molecule is NCc1c(N)[nH]cc(C(F)F)c1=O. The van der Waals surface area contributed by atoms with Crippen LogP contribution in [-0.4, -0.2) is 4.98 Å². The highest BCUT2D eigenvalue weighted by atomic mass is 19.3. The molecular weight excluding hydrogens is 180 g/mol. The zero-order valence-corrected chi connectivity index (χ0v) is 6.68. The monoisotopic (exact) mass is 189 g/mol. The maximum atomic E-state index is 12.2. The number of aromatic amines is 1. The van der Waals surface area contributed by atoms with Gasteiger partial charge in [-0.1, -0.05) is 0 Å². The minimum atomic E-state index is -2.81. The van der Waals surface area contributed by atoms with E-state index in [1.165, 1.54) is 0 Å².